The summed E-state index contributed by atoms with van der Waals surface area (Å²) < 4.78 is 23.2. The monoisotopic (exact) mass is 168 g/mol. The summed E-state index contributed by atoms with van der Waals surface area (Å²) in [6.07, 6.45) is 0. The van der Waals surface area contributed by atoms with Gasteiger partial charge in [0.25, 0.3) is 0 Å². The molecule has 0 spiro atoms. The minimum absolute atomic E-state index is 0.206. The lowest BCUT2D eigenvalue weighted by atomic mass is 10.1. The lowest BCUT2D eigenvalue weighted by Crippen LogP contribution is -2.12. The van der Waals surface area contributed by atoms with Gasteiger partial charge in [-0.15, -0.1) is 0 Å². The van der Waals surface area contributed by atoms with Crippen LogP contribution in [-0.4, -0.2) is 6.79 Å². The lowest BCUT2D eigenvalue weighted by molar-refractivity contribution is -0.0169. The summed E-state index contributed by atoms with van der Waals surface area (Å²) in [4.78, 5) is 0. The second-order valence-corrected chi connectivity index (χ2v) is 2.76. The van der Waals surface area contributed by atoms with E-state index in [1.165, 1.54) is 6.07 Å². The molecule has 0 saturated heterocycles. The normalized spacial score (nSPS) is 15.2. The molecular formula is C9H9FO2. The van der Waals surface area contributed by atoms with Gasteiger partial charge in [-0.05, 0) is 24.6 Å². The summed E-state index contributed by atoms with van der Waals surface area (Å²) in [5.41, 5.74) is 1.44. The van der Waals surface area contributed by atoms with E-state index in [0.717, 1.165) is 11.3 Å². The molecule has 2 rings (SSSR count). The molecule has 3 heteroatoms. The van der Waals surface area contributed by atoms with Crippen molar-refractivity contribution in [3.8, 4) is 5.75 Å². The zero-order valence-electron chi connectivity index (χ0n) is 6.76. The third-order valence-electron chi connectivity index (χ3n) is 2.03. The van der Waals surface area contributed by atoms with E-state index in [4.69, 9.17) is 9.47 Å². The van der Waals surface area contributed by atoms with Crippen LogP contribution in [0.3, 0.4) is 0 Å². The van der Waals surface area contributed by atoms with Crippen LogP contribution in [0.4, 0.5) is 4.39 Å². The zero-order valence-corrected chi connectivity index (χ0v) is 6.76. The first-order valence-electron chi connectivity index (χ1n) is 3.77. The molecule has 0 radical (unpaired) electrons. The molecular weight excluding hydrogens is 159 g/mol. The molecule has 1 aromatic carbocycles. The molecule has 1 heterocycles. The fourth-order valence-electron chi connectivity index (χ4n) is 1.27. The summed E-state index contributed by atoms with van der Waals surface area (Å²) >= 11 is 0. The van der Waals surface area contributed by atoms with Crippen LogP contribution >= 0.6 is 0 Å². The van der Waals surface area contributed by atoms with Gasteiger partial charge in [-0.3, -0.25) is 0 Å². The van der Waals surface area contributed by atoms with E-state index in [1.807, 2.05) is 0 Å². The molecule has 1 aliphatic heterocycles. The lowest BCUT2D eigenvalue weighted by Gasteiger charge is -2.19. The molecule has 0 aliphatic carbocycles. The summed E-state index contributed by atoms with van der Waals surface area (Å²) in [6.45, 7) is 2.43. The molecule has 0 amide bonds. The van der Waals surface area contributed by atoms with E-state index in [1.54, 1.807) is 13.0 Å². The first-order chi connectivity index (χ1) is 5.79. The van der Waals surface area contributed by atoms with Crippen LogP contribution in [-0.2, 0) is 11.3 Å². The van der Waals surface area contributed by atoms with E-state index >= 15 is 0 Å². The molecule has 64 valence electrons. The van der Waals surface area contributed by atoms with Gasteiger partial charge in [-0.1, -0.05) is 0 Å². The fourth-order valence-corrected chi connectivity index (χ4v) is 1.27. The zero-order chi connectivity index (χ0) is 8.55. The highest BCUT2D eigenvalue weighted by Crippen LogP contribution is 2.27. The van der Waals surface area contributed by atoms with Crippen LogP contribution in [0.2, 0.25) is 0 Å². The first kappa shape index (κ1) is 7.55. The molecule has 0 atom stereocenters. The van der Waals surface area contributed by atoms with Gasteiger partial charge in [0.1, 0.15) is 11.6 Å². The van der Waals surface area contributed by atoms with Crippen molar-refractivity contribution >= 4 is 0 Å². The van der Waals surface area contributed by atoms with Gasteiger partial charge in [0.15, 0.2) is 6.79 Å². The Balaban J connectivity index is 2.54. The Kier molecular flexibility index (Phi) is 1.73. The maximum atomic E-state index is 13.0. The molecule has 0 unspecified atom stereocenters. The molecule has 0 aromatic heterocycles. The van der Waals surface area contributed by atoms with Gasteiger partial charge in [0.2, 0.25) is 0 Å². The Labute approximate surface area is 69.9 Å². The van der Waals surface area contributed by atoms with Gasteiger partial charge in [0, 0.05) is 5.56 Å². The van der Waals surface area contributed by atoms with Crippen molar-refractivity contribution in [2.45, 2.75) is 13.5 Å². The van der Waals surface area contributed by atoms with Crippen molar-refractivity contribution in [3.63, 3.8) is 0 Å². The Hall–Kier alpha value is -1.09. The van der Waals surface area contributed by atoms with Crippen LogP contribution in [0.5, 0.6) is 5.75 Å². The van der Waals surface area contributed by atoms with Crippen LogP contribution < -0.4 is 4.74 Å². The molecule has 0 bridgehead atoms. The molecule has 0 fully saturated rings. The van der Waals surface area contributed by atoms with Gasteiger partial charge >= 0.3 is 0 Å². The summed E-state index contributed by atoms with van der Waals surface area (Å²) in [5.74, 6) is 0.531. The van der Waals surface area contributed by atoms with Crippen molar-refractivity contribution in [3.05, 3.63) is 29.1 Å². The Morgan fingerprint density at radius 3 is 3.08 bits per heavy atom. The van der Waals surface area contributed by atoms with E-state index in [2.05, 4.69) is 0 Å². The maximum absolute atomic E-state index is 13.0. The van der Waals surface area contributed by atoms with E-state index in [0.29, 0.717) is 12.2 Å². The predicted molar refractivity (Wildman–Crippen MR) is 41.4 cm³/mol. The van der Waals surface area contributed by atoms with Crippen LogP contribution in [0.25, 0.3) is 0 Å². The van der Waals surface area contributed by atoms with Crippen molar-refractivity contribution in [1.82, 2.24) is 0 Å². The second-order valence-electron chi connectivity index (χ2n) is 2.76. The van der Waals surface area contributed by atoms with Crippen LogP contribution in [0.1, 0.15) is 11.1 Å². The Bertz CT molecular complexity index is 310. The largest absolute Gasteiger partial charge is 0.467 e. The fraction of sp³-hybridized carbons (Fsp3) is 0.333. The second kappa shape index (κ2) is 2.75. The smallest absolute Gasteiger partial charge is 0.189 e. The highest BCUT2D eigenvalue weighted by atomic mass is 19.1. The molecule has 0 saturated carbocycles. The minimum atomic E-state index is -0.206. The number of benzene rings is 1. The molecule has 2 nitrogen and oxygen atoms in total. The molecule has 12 heavy (non-hydrogen) atoms. The number of fused-ring (bicyclic) bond motifs is 1. The molecule has 1 aromatic rings. The minimum Gasteiger partial charge on any atom is -0.467 e. The summed E-state index contributed by atoms with van der Waals surface area (Å²) in [5, 5.41) is 0. The summed E-state index contributed by atoms with van der Waals surface area (Å²) in [7, 11) is 0. The summed E-state index contributed by atoms with van der Waals surface area (Å²) in [6, 6.07) is 3.06. The average molecular weight is 168 g/mol. The number of rotatable bonds is 0. The van der Waals surface area contributed by atoms with Gasteiger partial charge in [0.05, 0.1) is 6.61 Å². The van der Waals surface area contributed by atoms with Crippen molar-refractivity contribution in [1.29, 1.82) is 0 Å². The maximum Gasteiger partial charge on any atom is 0.189 e. The predicted octanol–water partition coefficient (Wildman–Crippen LogP) is 2.00. The number of halogens is 1. The third-order valence-corrected chi connectivity index (χ3v) is 2.03. The van der Waals surface area contributed by atoms with E-state index in [9.17, 15) is 4.39 Å². The van der Waals surface area contributed by atoms with Gasteiger partial charge in [-0.2, -0.15) is 0 Å². The molecule has 0 N–H and O–H groups in total. The Morgan fingerprint density at radius 2 is 2.25 bits per heavy atom. The average Bonchev–Trinajstić information content (AvgIpc) is 2.12. The van der Waals surface area contributed by atoms with E-state index in [-0.39, 0.29) is 12.6 Å². The van der Waals surface area contributed by atoms with E-state index < -0.39 is 0 Å². The number of hydrogen-bond donors (Lipinski definition) is 0. The third kappa shape index (κ3) is 1.06. The first-order valence-corrected chi connectivity index (χ1v) is 3.77. The van der Waals surface area contributed by atoms with Crippen molar-refractivity contribution in [2.75, 3.05) is 6.79 Å². The highest BCUT2D eigenvalue weighted by molar-refractivity contribution is 5.40. The SMILES string of the molecule is Cc1c(F)ccc2c1COCO2. The van der Waals surface area contributed by atoms with Crippen LogP contribution in [0.15, 0.2) is 12.1 Å². The van der Waals surface area contributed by atoms with Gasteiger partial charge < -0.3 is 9.47 Å². The standard InChI is InChI=1S/C9H9FO2/c1-6-7-4-11-5-12-9(7)3-2-8(6)10/h2-3H,4-5H2,1H3. The van der Waals surface area contributed by atoms with Crippen LogP contribution in [0, 0.1) is 12.7 Å². The number of hydrogen-bond acceptors (Lipinski definition) is 2. The highest BCUT2D eigenvalue weighted by Gasteiger charge is 2.14. The van der Waals surface area contributed by atoms with Crippen molar-refractivity contribution in [2.24, 2.45) is 0 Å². The topological polar surface area (TPSA) is 18.5 Å². The quantitative estimate of drug-likeness (QED) is 0.589. The van der Waals surface area contributed by atoms with Gasteiger partial charge in [-0.25, -0.2) is 4.39 Å². The Morgan fingerprint density at radius 1 is 1.42 bits per heavy atom. The molecule has 1 aliphatic rings. The number of ether oxygens (including phenoxy) is 2. The van der Waals surface area contributed by atoms with Crippen molar-refractivity contribution < 1.29 is 13.9 Å².